The number of carbonyl (C=O) groups is 3. The number of hydrogen-bond acceptors (Lipinski definition) is 5. The Bertz CT molecular complexity index is 1790. The second-order valence-electron chi connectivity index (χ2n) is 13.3. The number of fused-ring (bicyclic) bond motifs is 1. The Morgan fingerprint density at radius 1 is 1.04 bits per heavy atom. The summed E-state index contributed by atoms with van der Waals surface area (Å²) in [5.74, 6) is -2.57. The lowest BCUT2D eigenvalue weighted by atomic mass is 9.84. The van der Waals surface area contributed by atoms with Crippen LogP contribution in [0, 0.1) is 5.41 Å². The second-order valence-corrected chi connectivity index (χ2v) is 13.7. The Kier molecular flexibility index (Phi) is 12.2. The number of halogens is 4. The summed E-state index contributed by atoms with van der Waals surface area (Å²) < 4.78 is 33.8. The van der Waals surface area contributed by atoms with Crippen LogP contribution in [0.3, 0.4) is 0 Å². The summed E-state index contributed by atoms with van der Waals surface area (Å²) in [5, 5.41) is 24.7. The average Bonchev–Trinajstić information content (AvgIpc) is 3.68. The van der Waals surface area contributed by atoms with Gasteiger partial charge in [-0.1, -0.05) is 68.8 Å². The zero-order chi connectivity index (χ0) is 36.8. The monoisotopic (exact) mass is 715 g/mol. The molecule has 0 aliphatic carbocycles. The molecule has 0 radical (unpaired) electrons. The normalized spacial score (nSPS) is 15.9. The Balaban J connectivity index is 0.000000727. The van der Waals surface area contributed by atoms with E-state index in [2.05, 4.69) is 36.0 Å². The fraction of sp³-hybridized carbons (Fsp3) is 0.389. The van der Waals surface area contributed by atoms with E-state index < -0.39 is 24.3 Å². The van der Waals surface area contributed by atoms with Crippen molar-refractivity contribution in [1.29, 1.82) is 0 Å². The summed E-state index contributed by atoms with van der Waals surface area (Å²) in [6, 6.07) is 22.3. The van der Waals surface area contributed by atoms with Crippen molar-refractivity contribution < 1.29 is 37.8 Å². The van der Waals surface area contributed by atoms with Crippen LogP contribution in [-0.4, -0.2) is 67.4 Å². The lowest BCUT2D eigenvalue weighted by molar-refractivity contribution is -0.192. The van der Waals surface area contributed by atoms with Gasteiger partial charge in [0.25, 0.3) is 5.91 Å². The maximum atomic E-state index is 13.2. The first-order valence-corrected chi connectivity index (χ1v) is 16.5. The van der Waals surface area contributed by atoms with Gasteiger partial charge in [0.2, 0.25) is 5.95 Å². The van der Waals surface area contributed by atoms with Crippen LogP contribution in [0.25, 0.3) is 11.0 Å². The number of nitrogens with one attached hydrogen (secondary N) is 2. The van der Waals surface area contributed by atoms with Crippen molar-refractivity contribution in [2.24, 2.45) is 5.41 Å². The molecule has 4 N–H and O–H groups in total. The molecular formula is C36H41ClF3N5O5. The molecule has 4 aromatic rings. The highest BCUT2D eigenvalue weighted by atomic mass is 35.5. The largest absolute Gasteiger partial charge is 0.490 e. The van der Waals surface area contributed by atoms with Crippen molar-refractivity contribution in [3.8, 4) is 0 Å². The molecule has 10 nitrogen and oxygen atoms in total. The molecule has 3 atom stereocenters. The van der Waals surface area contributed by atoms with Crippen molar-refractivity contribution in [3.63, 3.8) is 0 Å². The van der Waals surface area contributed by atoms with E-state index in [1.165, 1.54) is 0 Å². The van der Waals surface area contributed by atoms with E-state index in [0.29, 0.717) is 35.0 Å². The van der Waals surface area contributed by atoms with Crippen molar-refractivity contribution in [2.75, 3.05) is 11.9 Å². The number of aromatic nitrogens is 2. The molecule has 50 heavy (non-hydrogen) atoms. The molecule has 2 heterocycles. The van der Waals surface area contributed by atoms with Crippen LogP contribution >= 0.6 is 11.6 Å². The third kappa shape index (κ3) is 9.75. The minimum Gasteiger partial charge on any atom is -0.475 e. The molecule has 0 bridgehead atoms. The number of nitrogens with zero attached hydrogens (tertiary/aromatic N) is 3. The summed E-state index contributed by atoms with van der Waals surface area (Å²) in [4.78, 5) is 41.4. The zero-order valence-corrected chi connectivity index (χ0v) is 28.9. The van der Waals surface area contributed by atoms with E-state index in [-0.39, 0.29) is 23.4 Å². The van der Waals surface area contributed by atoms with Crippen LogP contribution in [0.15, 0.2) is 72.8 Å². The molecule has 14 heteroatoms. The van der Waals surface area contributed by atoms with E-state index in [9.17, 15) is 27.9 Å². The third-order valence-corrected chi connectivity index (χ3v) is 9.05. The summed E-state index contributed by atoms with van der Waals surface area (Å²) in [6.07, 6.45) is -3.38. The topological polar surface area (TPSA) is 137 Å². The molecule has 1 aliphatic rings. The molecule has 1 saturated heterocycles. The average molecular weight is 716 g/mol. The Labute approximate surface area is 293 Å². The summed E-state index contributed by atoms with van der Waals surface area (Å²) in [7, 11) is 0. The van der Waals surface area contributed by atoms with Gasteiger partial charge in [0.1, 0.15) is 0 Å². The van der Waals surface area contributed by atoms with Crippen molar-refractivity contribution in [2.45, 2.75) is 77.8 Å². The van der Waals surface area contributed by atoms with Crippen molar-refractivity contribution in [3.05, 3.63) is 94.5 Å². The number of rotatable bonds is 9. The van der Waals surface area contributed by atoms with Crippen molar-refractivity contribution >= 4 is 46.6 Å². The predicted octanol–water partition coefficient (Wildman–Crippen LogP) is 8.03. The number of imidazole rings is 1. The predicted molar refractivity (Wildman–Crippen MR) is 186 cm³/mol. The number of carbonyl (C=O) groups excluding carboxylic acids is 1. The molecular weight excluding hydrogens is 675 g/mol. The van der Waals surface area contributed by atoms with Gasteiger partial charge in [-0.05, 0) is 85.7 Å². The summed E-state index contributed by atoms with van der Waals surface area (Å²) in [5.41, 5.74) is 3.70. The van der Waals surface area contributed by atoms with Gasteiger partial charge in [-0.2, -0.15) is 13.2 Å². The molecule has 5 rings (SSSR count). The maximum absolute atomic E-state index is 13.2. The first-order valence-electron chi connectivity index (χ1n) is 16.1. The van der Waals surface area contributed by atoms with Gasteiger partial charge in [-0.25, -0.2) is 14.6 Å². The van der Waals surface area contributed by atoms with E-state index in [1.54, 1.807) is 29.2 Å². The molecule has 0 saturated carbocycles. The van der Waals surface area contributed by atoms with Gasteiger partial charge in [0.15, 0.2) is 0 Å². The van der Waals surface area contributed by atoms with Crippen LogP contribution in [0.4, 0.5) is 23.9 Å². The van der Waals surface area contributed by atoms with Crippen LogP contribution in [0.1, 0.15) is 68.1 Å². The number of carboxylic acids is 1. The molecule has 1 aromatic heterocycles. The van der Waals surface area contributed by atoms with E-state index in [0.717, 1.165) is 36.0 Å². The van der Waals surface area contributed by atoms with Crippen LogP contribution in [0.5, 0.6) is 0 Å². The third-order valence-electron chi connectivity index (χ3n) is 8.80. The minimum atomic E-state index is -5.08. The standard InChI is InChI=1S/C34H40ClN5O3.C2HF3O2/c1-22(34(2,3)4)40(33(42)43)30(19-23-9-6-5-7-10-23)25-14-17-29-28(20-25)37-32(39(29)21-27-11-8-18-36-27)38-31(41)24-12-15-26(35)16-13-24;3-2(4,5)1(6)7/h5-7,9-10,12-17,20,22,27,30,36H,8,11,18-19,21H2,1-4H3,(H,42,43)(H,37,38,41);(H,6,7)/t22-,27?,30?;/m0./s1. The highest BCUT2D eigenvalue weighted by molar-refractivity contribution is 6.30. The zero-order valence-electron chi connectivity index (χ0n) is 28.2. The molecule has 3 aromatic carbocycles. The maximum Gasteiger partial charge on any atom is 0.490 e. The minimum absolute atomic E-state index is 0.255. The second kappa shape index (κ2) is 15.9. The first kappa shape index (κ1) is 38.2. The lowest BCUT2D eigenvalue weighted by Crippen LogP contribution is -2.47. The quantitative estimate of drug-likeness (QED) is 0.138. The lowest BCUT2D eigenvalue weighted by Gasteiger charge is -2.41. The van der Waals surface area contributed by atoms with E-state index >= 15 is 0 Å². The molecule has 2 amide bonds. The van der Waals surface area contributed by atoms with Gasteiger partial charge in [0.05, 0.1) is 17.1 Å². The van der Waals surface area contributed by atoms with Gasteiger partial charge < -0.3 is 20.1 Å². The van der Waals surface area contributed by atoms with Crippen molar-refractivity contribution in [1.82, 2.24) is 19.8 Å². The van der Waals surface area contributed by atoms with Gasteiger partial charge in [-0.3, -0.25) is 15.0 Å². The summed E-state index contributed by atoms with van der Waals surface area (Å²) in [6.45, 7) is 9.77. The number of amides is 2. The highest BCUT2D eigenvalue weighted by Crippen LogP contribution is 2.35. The number of alkyl halides is 3. The summed E-state index contributed by atoms with van der Waals surface area (Å²) >= 11 is 6.03. The first-order chi connectivity index (χ1) is 23.5. The number of hydrogen-bond donors (Lipinski definition) is 4. The van der Waals surface area contributed by atoms with Gasteiger partial charge in [-0.15, -0.1) is 0 Å². The molecule has 1 aliphatic heterocycles. The van der Waals surface area contributed by atoms with E-state index in [1.807, 2.05) is 55.5 Å². The fourth-order valence-corrected chi connectivity index (χ4v) is 5.87. The van der Waals surface area contributed by atoms with Gasteiger partial charge in [0, 0.05) is 29.2 Å². The molecule has 2 unspecified atom stereocenters. The van der Waals surface area contributed by atoms with E-state index in [4.69, 9.17) is 26.5 Å². The molecule has 1 fully saturated rings. The molecule has 0 spiro atoms. The fourth-order valence-electron chi connectivity index (χ4n) is 5.74. The Hall–Kier alpha value is -4.62. The Morgan fingerprint density at radius 2 is 1.68 bits per heavy atom. The number of benzene rings is 3. The molecule has 268 valence electrons. The SMILES string of the molecule is C[C@H](N(C(=O)O)C(Cc1ccccc1)c1ccc2c(c1)nc(NC(=O)c1ccc(Cl)cc1)n2CC1CCCN1)C(C)(C)C.O=C(O)C(F)(F)F. The highest BCUT2D eigenvalue weighted by Gasteiger charge is 2.38. The smallest absolute Gasteiger partial charge is 0.475 e. The van der Waals surface area contributed by atoms with Crippen LogP contribution in [-0.2, 0) is 17.8 Å². The number of anilines is 1. The van der Waals surface area contributed by atoms with Crippen LogP contribution in [0.2, 0.25) is 5.02 Å². The van der Waals surface area contributed by atoms with Gasteiger partial charge >= 0.3 is 18.2 Å². The Morgan fingerprint density at radius 3 is 2.22 bits per heavy atom. The number of carboxylic acid groups (broad SMARTS) is 2. The van der Waals surface area contributed by atoms with Crippen LogP contribution < -0.4 is 10.6 Å². The number of aliphatic carboxylic acids is 1.